The largest absolute Gasteiger partial charge is 0.502 e. The van der Waals surface area contributed by atoms with E-state index in [1.807, 2.05) is 13.1 Å². The Morgan fingerprint density at radius 1 is 1.13 bits per heavy atom. The standard InChI is InChI=1S/C22H27FN4O3.HI/c1-4-24-22(27-12-14-9-19(29-2)21(28)20(10-14)30-3)25-8-7-15-13-26-18-6-5-16(23)11-17(15)18;/h5-6,9-11,13,26,28H,4,7-8,12H2,1-3H3,(H2,24,25,27);1H. The zero-order chi connectivity index (χ0) is 21.5. The molecule has 31 heavy (non-hydrogen) atoms. The Hall–Kier alpha value is -2.69. The molecule has 1 heterocycles. The number of aliphatic imine (C=N–C) groups is 1. The second-order valence-electron chi connectivity index (χ2n) is 6.72. The molecule has 0 atom stereocenters. The zero-order valence-electron chi connectivity index (χ0n) is 17.8. The van der Waals surface area contributed by atoms with Crippen LogP contribution in [0.25, 0.3) is 10.9 Å². The van der Waals surface area contributed by atoms with E-state index < -0.39 is 0 Å². The number of hydrogen-bond donors (Lipinski definition) is 4. The first-order valence-electron chi connectivity index (χ1n) is 9.77. The topological polar surface area (TPSA) is 90.9 Å². The van der Waals surface area contributed by atoms with Crippen LogP contribution < -0.4 is 20.1 Å². The molecule has 7 nitrogen and oxygen atoms in total. The Labute approximate surface area is 198 Å². The van der Waals surface area contributed by atoms with Crippen LogP contribution in [0.15, 0.2) is 41.5 Å². The summed E-state index contributed by atoms with van der Waals surface area (Å²) in [5.74, 6) is 1.06. The molecule has 0 radical (unpaired) electrons. The maximum absolute atomic E-state index is 13.5. The fourth-order valence-electron chi connectivity index (χ4n) is 3.22. The maximum Gasteiger partial charge on any atom is 0.200 e. The van der Waals surface area contributed by atoms with Crippen LogP contribution in [-0.2, 0) is 13.0 Å². The average molecular weight is 542 g/mol. The van der Waals surface area contributed by atoms with E-state index in [4.69, 9.17) is 9.47 Å². The number of hydrogen-bond acceptors (Lipinski definition) is 4. The lowest BCUT2D eigenvalue weighted by atomic mass is 10.1. The van der Waals surface area contributed by atoms with Crippen LogP contribution >= 0.6 is 24.0 Å². The van der Waals surface area contributed by atoms with Gasteiger partial charge in [0, 0.05) is 30.2 Å². The number of phenolic OH excluding ortho intramolecular Hbond substituents is 1. The molecule has 0 aliphatic rings. The van der Waals surface area contributed by atoms with Gasteiger partial charge in [-0.1, -0.05) is 0 Å². The van der Waals surface area contributed by atoms with Crippen molar-refractivity contribution >= 4 is 40.8 Å². The monoisotopic (exact) mass is 542 g/mol. The van der Waals surface area contributed by atoms with E-state index >= 15 is 0 Å². The number of nitrogens with zero attached hydrogens (tertiary/aromatic N) is 1. The van der Waals surface area contributed by atoms with Gasteiger partial charge in [0.15, 0.2) is 17.5 Å². The molecule has 0 bridgehead atoms. The van der Waals surface area contributed by atoms with Gasteiger partial charge in [0.25, 0.3) is 0 Å². The van der Waals surface area contributed by atoms with Crippen molar-refractivity contribution < 1.29 is 19.0 Å². The predicted molar refractivity (Wildman–Crippen MR) is 131 cm³/mol. The van der Waals surface area contributed by atoms with Crippen LogP contribution in [0.2, 0.25) is 0 Å². The van der Waals surface area contributed by atoms with E-state index in [9.17, 15) is 9.50 Å². The summed E-state index contributed by atoms with van der Waals surface area (Å²) in [6.07, 6.45) is 2.62. The lowest BCUT2D eigenvalue weighted by Crippen LogP contribution is -2.38. The summed E-state index contributed by atoms with van der Waals surface area (Å²) in [4.78, 5) is 7.76. The third kappa shape index (κ3) is 6.16. The second-order valence-corrected chi connectivity index (χ2v) is 6.72. The third-order valence-electron chi connectivity index (χ3n) is 4.72. The minimum Gasteiger partial charge on any atom is -0.502 e. The highest BCUT2D eigenvalue weighted by Crippen LogP contribution is 2.37. The minimum atomic E-state index is -0.244. The van der Waals surface area contributed by atoms with Crippen molar-refractivity contribution in [2.24, 2.45) is 4.99 Å². The van der Waals surface area contributed by atoms with Crippen molar-refractivity contribution in [1.29, 1.82) is 0 Å². The fourth-order valence-corrected chi connectivity index (χ4v) is 3.22. The first kappa shape index (κ1) is 24.6. The fraction of sp³-hybridized carbons (Fsp3) is 0.318. The molecule has 0 aliphatic heterocycles. The van der Waals surface area contributed by atoms with Crippen LogP contribution in [0.4, 0.5) is 4.39 Å². The molecule has 0 saturated heterocycles. The number of aromatic amines is 1. The summed E-state index contributed by atoms with van der Waals surface area (Å²) in [6.45, 7) is 3.72. The Kier molecular flexibility index (Phi) is 9.22. The number of fused-ring (bicyclic) bond motifs is 1. The Balaban J connectivity index is 0.00000341. The van der Waals surface area contributed by atoms with Gasteiger partial charge in [-0.25, -0.2) is 9.38 Å². The number of aromatic hydroxyl groups is 1. The Bertz CT molecular complexity index is 1010. The summed E-state index contributed by atoms with van der Waals surface area (Å²) in [5, 5.41) is 17.4. The summed E-state index contributed by atoms with van der Waals surface area (Å²) in [5.41, 5.74) is 2.80. The molecular formula is C22H28FIN4O3. The molecule has 0 fully saturated rings. The van der Waals surface area contributed by atoms with Crippen molar-refractivity contribution in [3.63, 3.8) is 0 Å². The van der Waals surface area contributed by atoms with E-state index in [2.05, 4.69) is 20.6 Å². The van der Waals surface area contributed by atoms with Crippen LogP contribution in [0.3, 0.4) is 0 Å². The molecule has 0 aliphatic carbocycles. The molecule has 3 aromatic rings. The first-order valence-corrected chi connectivity index (χ1v) is 9.77. The SMILES string of the molecule is CCNC(=NCc1cc(OC)c(O)c(OC)c1)NCCc1c[nH]c2ccc(F)cc12.I. The minimum absolute atomic E-state index is 0. The van der Waals surface area contributed by atoms with E-state index in [0.717, 1.165) is 22.0 Å². The summed E-state index contributed by atoms with van der Waals surface area (Å²) >= 11 is 0. The molecule has 0 amide bonds. The molecular weight excluding hydrogens is 514 g/mol. The number of methoxy groups -OCH3 is 2. The number of guanidine groups is 1. The predicted octanol–water partition coefficient (Wildman–Crippen LogP) is 3.95. The van der Waals surface area contributed by atoms with Gasteiger partial charge in [0.05, 0.1) is 20.8 Å². The Morgan fingerprint density at radius 3 is 2.48 bits per heavy atom. The van der Waals surface area contributed by atoms with E-state index in [-0.39, 0.29) is 35.5 Å². The second kappa shape index (κ2) is 11.6. The van der Waals surface area contributed by atoms with Crippen molar-refractivity contribution in [1.82, 2.24) is 15.6 Å². The maximum atomic E-state index is 13.5. The number of aromatic nitrogens is 1. The smallest absolute Gasteiger partial charge is 0.200 e. The number of rotatable bonds is 8. The van der Waals surface area contributed by atoms with Crippen LogP contribution in [0, 0.1) is 5.82 Å². The van der Waals surface area contributed by atoms with Crippen molar-refractivity contribution in [3.8, 4) is 17.2 Å². The van der Waals surface area contributed by atoms with Crippen molar-refractivity contribution in [2.75, 3.05) is 27.3 Å². The quantitative estimate of drug-likeness (QED) is 0.197. The third-order valence-corrected chi connectivity index (χ3v) is 4.72. The number of ether oxygens (including phenoxy) is 2. The van der Waals surface area contributed by atoms with Crippen LogP contribution in [0.1, 0.15) is 18.1 Å². The first-order chi connectivity index (χ1) is 14.5. The van der Waals surface area contributed by atoms with Crippen LogP contribution in [0.5, 0.6) is 17.2 Å². The van der Waals surface area contributed by atoms with Crippen molar-refractivity contribution in [3.05, 3.63) is 53.5 Å². The Morgan fingerprint density at radius 2 is 1.84 bits per heavy atom. The van der Waals surface area contributed by atoms with Gasteiger partial charge in [-0.2, -0.15) is 0 Å². The average Bonchev–Trinajstić information content (AvgIpc) is 3.14. The summed E-state index contributed by atoms with van der Waals surface area (Å²) in [6, 6.07) is 8.19. The molecule has 0 saturated carbocycles. The highest BCUT2D eigenvalue weighted by atomic mass is 127. The number of H-pyrrole nitrogens is 1. The van der Waals surface area contributed by atoms with Gasteiger partial charge < -0.3 is 30.2 Å². The normalized spacial score (nSPS) is 11.2. The number of nitrogens with one attached hydrogen (secondary N) is 3. The lowest BCUT2D eigenvalue weighted by Gasteiger charge is -2.13. The highest BCUT2D eigenvalue weighted by Gasteiger charge is 2.11. The molecule has 3 rings (SSSR count). The molecule has 1 aromatic heterocycles. The molecule has 0 unspecified atom stereocenters. The molecule has 2 aromatic carbocycles. The molecule has 4 N–H and O–H groups in total. The molecule has 9 heteroatoms. The number of benzene rings is 2. The van der Waals surface area contributed by atoms with Gasteiger partial charge in [0.2, 0.25) is 5.75 Å². The van der Waals surface area contributed by atoms with E-state index in [1.165, 1.54) is 20.3 Å². The molecule has 168 valence electrons. The summed E-state index contributed by atoms with van der Waals surface area (Å²) < 4.78 is 23.9. The molecule has 0 spiro atoms. The van der Waals surface area contributed by atoms with Gasteiger partial charge in [-0.05, 0) is 54.8 Å². The van der Waals surface area contributed by atoms with Gasteiger partial charge in [-0.3, -0.25) is 0 Å². The van der Waals surface area contributed by atoms with Crippen molar-refractivity contribution in [2.45, 2.75) is 19.9 Å². The lowest BCUT2D eigenvalue weighted by molar-refractivity contribution is 0.339. The van der Waals surface area contributed by atoms with E-state index in [1.54, 1.807) is 24.3 Å². The zero-order valence-corrected chi connectivity index (χ0v) is 20.1. The summed E-state index contributed by atoms with van der Waals surface area (Å²) in [7, 11) is 2.98. The number of phenols is 1. The van der Waals surface area contributed by atoms with Crippen LogP contribution in [-0.4, -0.2) is 43.4 Å². The van der Waals surface area contributed by atoms with Gasteiger partial charge in [0.1, 0.15) is 5.82 Å². The van der Waals surface area contributed by atoms with E-state index in [0.29, 0.717) is 43.5 Å². The van der Waals surface area contributed by atoms with Gasteiger partial charge in [-0.15, -0.1) is 24.0 Å². The van der Waals surface area contributed by atoms with Gasteiger partial charge >= 0.3 is 0 Å². The number of halogens is 2. The highest BCUT2D eigenvalue weighted by molar-refractivity contribution is 14.0.